The first kappa shape index (κ1) is 30.8. The maximum Gasteiger partial charge on any atom is 0.343 e. The summed E-state index contributed by atoms with van der Waals surface area (Å²) in [4.78, 5) is 53.8. The van der Waals surface area contributed by atoms with Crippen LogP contribution in [0.25, 0.3) is 6.08 Å². The minimum atomic E-state index is -1.03. The molecule has 3 aromatic rings. The number of allylic oxidation sites excluding steroid dienone is 1. The van der Waals surface area contributed by atoms with Crippen molar-refractivity contribution in [2.45, 2.75) is 26.8 Å². The Labute approximate surface area is 247 Å². The summed E-state index contributed by atoms with van der Waals surface area (Å²) in [5, 5.41) is 31.5. The lowest BCUT2D eigenvalue weighted by molar-refractivity contribution is -0.385. The van der Waals surface area contributed by atoms with Gasteiger partial charge in [-0.05, 0) is 44.5 Å². The van der Waals surface area contributed by atoms with E-state index in [0.717, 1.165) is 23.5 Å². The van der Waals surface area contributed by atoms with Gasteiger partial charge in [-0.1, -0.05) is 17.4 Å². The Bertz CT molecular complexity index is 1820. The highest BCUT2D eigenvalue weighted by atomic mass is 32.1. The second-order valence-electron chi connectivity index (χ2n) is 8.96. The average molecular weight is 614 g/mol. The number of carbonyl (C=O) groups excluding carboxylic acids is 2. The van der Waals surface area contributed by atoms with Crippen molar-refractivity contribution in [2.24, 2.45) is 4.99 Å². The number of ether oxygens (including phenoxy) is 4. The number of benzene rings is 2. The third-order valence-corrected chi connectivity index (χ3v) is 7.26. The van der Waals surface area contributed by atoms with Crippen LogP contribution in [0.1, 0.15) is 37.9 Å². The average Bonchev–Trinajstić information content (AvgIpc) is 3.26. The Morgan fingerprint density at radius 2 is 1.86 bits per heavy atom. The number of aromatic hydroxyl groups is 2. The van der Waals surface area contributed by atoms with E-state index in [1.807, 2.05) is 0 Å². The monoisotopic (exact) mass is 613 g/mol. The fourth-order valence-corrected chi connectivity index (χ4v) is 5.41. The van der Waals surface area contributed by atoms with Crippen LogP contribution >= 0.6 is 11.3 Å². The molecule has 2 aromatic carbocycles. The first-order chi connectivity index (χ1) is 20.5. The number of aromatic nitrogens is 1. The maximum atomic E-state index is 13.9. The molecule has 1 atom stereocenters. The first-order valence-electron chi connectivity index (χ1n) is 12.9. The van der Waals surface area contributed by atoms with Crippen molar-refractivity contribution in [3.8, 4) is 23.0 Å². The van der Waals surface area contributed by atoms with Gasteiger partial charge >= 0.3 is 17.6 Å². The number of fused-ring (bicyclic) bond motifs is 1. The lowest BCUT2D eigenvalue weighted by Crippen LogP contribution is -2.40. The molecule has 1 aliphatic rings. The van der Waals surface area contributed by atoms with Crippen molar-refractivity contribution in [1.82, 2.24) is 4.57 Å². The number of carbonyl (C=O) groups is 2. The van der Waals surface area contributed by atoms with Crippen LogP contribution in [0, 0.1) is 10.1 Å². The molecule has 0 aliphatic carbocycles. The molecular formula is C28H27N3O11S. The van der Waals surface area contributed by atoms with Crippen LogP contribution in [0.5, 0.6) is 23.0 Å². The Morgan fingerprint density at radius 1 is 1.12 bits per heavy atom. The molecule has 4 rings (SSSR count). The number of phenolic OH excluding ortho intramolecular Hbond substituents is 2. The van der Waals surface area contributed by atoms with E-state index in [4.69, 9.17) is 14.2 Å². The van der Waals surface area contributed by atoms with Crippen molar-refractivity contribution in [2.75, 3.05) is 26.9 Å². The van der Waals surface area contributed by atoms with Gasteiger partial charge in [0, 0.05) is 17.7 Å². The van der Waals surface area contributed by atoms with E-state index in [-0.39, 0.29) is 51.8 Å². The third kappa shape index (κ3) is 6.21. The molecule has 0 radical (unpaired) electrons. The number of thiazole rings is 1. The van der Waals surface area contributed by atoms with E-state index in [0.29, 0.717) is 11.3 Å². The molecule has 0 amide bonds. The molecule has 1 aromatic heterocycles. The third-order valence-electron chi connectivity index (χ3n) is 6.28. The van der Waals surface area contributed by atoms with Gasteiger partial charge in [-0.25, -0.2) is 14.6 Å². The molecular weight excluding hydrogens is 586 g/mol. The quantitative estimate of drug-likeness (QED) is 0.193. The molecule has 14 nitrogen and oxygen atoms in total. The van der Waals surface area contributed by atoms with Gasteiger partial charge in [0.2, 0.25) is 0 Å². The number of rotatable bonds is 10. The molecule has 2 N–H and O–H groups in total. The van der Waals surface area contributed by atoms with Gasteiger partial charge in [-0.15, -0.1) is 0 Å². The number of nitrogens with zero attached hydrogens (tertiary/aromatic N) is 3. The topological polar surface area (TPSA) is 189 Å². The van der Waals surface area contributed by atoms with Crippen LogP contribution in [-0.4, -0.2) is 58.6 Å². The zero-order chi connectivity index (χ0) is 31.4. The van der Waals surface area contributed by atoms with Gasteiger partial charge < -0.3 is 29.2 Å². The second kappa shape index (κ2) is 12.8. The maximum absolute atomic E-state index is 13.9. The molecule has 2 heterocycles. The molecule has 1 aliphatic heterocycles. The predicted molar refractivity (Wildman–Crippen MR) is 152 cm³/mol. The zero-order valence-electron chi connectivity index (χ0n) is 23.5. The molecule has 0 saturated carbocycles. The van der Waals surface area contributed by atoms with Crippen LogP contribution in [0.4, 0.5) is 5.69 Å². The van der Waals surface area contributed by atoms with E-state index in [9.17, 15) is 34.7 Å². The molecule has 0 unspecified atom stereocenters. The number of hydrogen-bond donors (Lipinski definition) is 2. The van der Waals surface area contributed by atoms with Gasteiger partial charge in [0.25, 0.3) is 5.56 Å². The summed E-state index contributed by atoms with van der Waals surface area (Å²) in [5.41, 5.74) is -0.534. The first-order valence-corrected chi connectivity index (χ1v) is 13.7. The fraction of sp³-hybridized carbons (Fsp3) is 0.286. The summed E-state index contributed by atoms with van der Waals surface area (Å²) in [6.45, 7) is 4.92. The molecule has 0 saturated heterocycles. The minimum absolute atomic E-state index is 0.0417. The Hall–Kier alpha value is -5.18. The molecule has 0 bridgehead atoms. The van der Waals surface area contributed by atoms with Crippen molar-refractivity contribution in [1.29, 1.82) is 0 Å². The standard InChI is InChI=1S/C28H27N3O11S/c1-5-40-21-10-15(7-8-20(21)42-13-23(34)39-4)25-24(27(36)41-6-2)14(3)29-28-30(25)26(35)22(43-28)11-16-9-17(31(37)38)19(33)12-18(16)32/h7-12,25,32-33H,5-6,13H2,1-4H3/b22-11-/t25-/m1/s1. The van der Waals surface area contributed by atoms with Gasteiger partial charge in [-0.3, -0.25) is 19.5 Å². The fourth-order valence-electron chi connectivity index (χ4n) is 4.37. The van der Waals surface area contributed by atoms with Crippen LogP contribution in [0.3, 0.4) is 0 Å². The lowest BCUT2D eigenvalue weighted by atomic mass is 9.95. The normalized spacial score (nSPS) is 14.5. The summed E-state index contributed by atoms with van der Waals surface area (Å²) in [5.74, 6) is -2.06. The SMILES string of the molecule is CCOC(=O)C1=C(C)N=c2s/c(=C\c3cc([N+](=O)[O-])c(O)cc3O)c(=O)n2[C@@H]1c1ccc(OCC(=O)OC)c(OCC)c1. The van der Waals surface area contributed by atoms with Crippen molar-refractivity contribution >= 4 is 35.0 Å². The van der Waals surface area contributed by atoms with E-state index in [1.165, 1.54) is 23.8 Å². The lowest BCUT2D eigenvalue weighted by Gasteiger charge is -2.25. The number of hydrogen-bond acceptors (Lipinski definition) is 13. The van der Waals surface area contributed by atoms with Gasteiger partial charge in [-0.2, -0.15) is 0 Å². The number of methoxy groups -OCH3 is 1. The van der Waals surface area contributed by atoms with Crippen LogP contribution < -0.4 is 24.4 Å². The van der Waals surface area contributed by atoms with E-state index < -0.39 is 45.6 Å². The Morgan fingerprint density at radius 3 is 2.51 bits per heavy atom. The minimum Gasteiger partial charge on any atom is -0.507 e. The Kier molecular flexibility index (Phi) is 9.14. The number of nitro groups is 1. The van der Waals surface area contributed by atoms with Crippen LogP contribution in [-0.2, 0) is 19.1 Å². The molecule has 0 fully saturated rings. The highest BCUT2D eigenvalue weighted by Crippen LogP contribution is 2.37. The zero-order valence-corrected chi connectivity index (χ0v) is 24.3. The number of phenols is 2. The number of esters is 2. The van der Waals surface area contributed by atoms with E-state index in [1.54, 1.807) is 32.9 Å². The van der Waals surface area contributed by atoms with Gasteiger partial charge in [0.15, 0.2) is 28.7 Å². The van der Waals surface area contributed by atoms with Crippen molar-refractivity contribution in [3.05, 3.63) is 82.5 Å². The highest BCUT2D eigenvalue weighted by molar-refractivity contribution is 7.07. The largest absolute Gasteiger partial charge is 0.507 e. The van der Waals surface area contributed by atoms with Gasteiger partial charge in [0.05, 0.1) is 47.1 Å². The van der Waals surface area contributed by atoms with E-state index in [2.05, 4.69) is 9.73 Å². The summed E-state index contributed by atoms with van der Waals surface area (Å²) < 4.78 is 22.5. The molecule has 43 heavy (non-hydrogen) atoms. The van der Waals surface area contributed by atoms with Crippen LogP contribution in [0.2, 0.25) is 0 Å². The summed E-state index contributed by atoms with van der Waals surface area (Å²) in [7, 11) is 1.23. The van der Waals surface area contributed by atoms with E-state index >= 15 is 0 Å². The summed E-state index contributed by atoms with van der Waals surface area (Å²) in [6.07, 6.45) is 1.24. The summed E-state index contributed by atoms with van der Waals surface area (Å²) >= 11 is 0.936. The highest BCUT2D eigenvalue weighted by Gasteiger charge is 2.34. The van der Waals surface area contributed by atoms with Crippen molar-refractivity contribution in [3.63, 3.8) is 0 Å². The number of nitro benzene ring substituents is 1. The Balaban J connectivity index is 1.93. The summed E-state index contributed by atoms with van der Waals surface area (Å²) in [6, 6.07) is 5.43. The smallest absolute Gasteiger partial charge is 0.343 e. The van der Waals surface area contributed by atoms with Gasteiger partial charge in [0.1, 0.15) is 5.75 Å². The molecule has 226 valence electrons. The molecule has 15 heteroatoms. The molecule has 0 spiro atoms. The predicted octanol–water partition coefficient (Wildman–Crippen LogP) is 2.07. The van der Waals surface area contributed by atoms with Crippen LogP contribution in [0.15, 0.2) is 51.4 Å². The second-order valence-corrected chi connectivity index (χ2v) is 9.97. The van der Waals surface area contributed by atoms with Crippen molar-refractivity contribution < 1.29 is 43.7 Å².